The molecule has 2 fully saturated rings. The van der Waals surface area contributed by atoms with Crippen LogP contribution >= 0.6 is 0 Å². The lowest BCUT2D eigenvalue weighted by Crippen LogP contribution is -2.41. The highest BCUT2D eigenvalue weighted by molar-refractivity contribution is 4.93. The lowest BCUT2D eigenvalue weighted by atomic mass is 9.89. The van der Waals surface area contributed by atoms with E-state index in [0.717, 1.165) is 32.4 Å². The van der Waals surface area contributed by atoms with Crippen LogP contribution in [-0.4, -0.2) is 38.0 Å². The number of hydrogen-bond acceptors (Lipinski definition) is 4. The van der Waals surface area contributed by atoms with E-state index < -0.39 is 0 Å². The van der Waals surface area contributed by atoms with Crippen molar-refractivity contribution >= 4 is 0 Å². The summed E-state index contributed by atoms with van der Waals surface area (Å²) < 4.78 is 11.2. The van der Waals surface area contributed by atoms with Crippen LogP contribution < -0.4 is 5.32 Å². The number of hydrogen-bond donors (Lipinski definition) is 1. The lowest BCUT2D eigenvalue weighted by molar-refractivity contribution is -0.0224. The topological polar surface area (TPSA) is 54.3 Å². The van der Waals surface area contributed by atoms with Gasteiger partial charge in [-0.1, -0.05) is 0 Å². The molecule has 0 aliphatic carbocycles. The molecule has 1 N–H and O–H groups in total. The van der Waals surface area contributed by atoms with Crippen molar-refractivity contribution in [3.05, 3.63) is 0 Å². The molecule has 0 amide bonds. The van der Waals surface area contributed by atoms with Crippen LogP contribution in [0.3, 0.4) is 0 Å². The summed E-state index contributed by atoms with van der Waals surface area (Å²) in [6.45, 7) is 2.90. The monoisotopic (exact) mass is 196 g/mol. The molecule has 2 aliphatic heterocycles. The van der Waals surface area contributed by atoms with E-state index in [2.05, 4.69) is 5.32 Å². The van der Waals surface area contributed by atoms with E-state index in [4.69, 9.17) is 14.7 Å². The Kier molecular flexibility index (Phi) is 3.02. The molecule has 0 aromatic carbocycles. The third-order valence-corrected chi connectivity index (χ3v) is 3.07. The highest BCUT2D eigenvalue weighted by Gasteiger charge is 2.41. The maximum atomic E-state index is 8.40. The Labute approximate surface area is 84.2 Å². The van der Waals surface area contributed by atoms with Crippen LogP contribution in [0.15, 0.2) is 0 Å². The Morgan fingerprint density at radius 3 is 3.00 bits per heavy atom. The summed E-state index contributed by atoms with van der Waals surface area (Å²) in [7, 11) is 0. The molecule has 4 nitrogen and oxygen atoms in total. The Balaban J connectivity index is 1.83. The quantitative estimate of drug-likeness (QED) is 0.696. The first-order chi connectivity index (χ1) is 6.85. The first-order valence-corrected chi connectivity index (χ1v) is 5.18. The van der Waals surface area contributed by atoms with Crippen molar-refractivity contribution in [3.8, 4) is 6.07 Å². The molecule has 1 spiro atoms. The Bertz CT molecular complexity index is 231. The van der Waals surface area contributed by atoms with E-state index in [1.54, 1.807) is 0 Å². The minimum absolute atomic E-state index is 0.0470. The second-order valence-electron chi connectivity index (χ2n) is 4.04. The number of piperidine rings is 1. The summed E-state index contributed by atoms with van der Waals surface area (Å²) in [4.78, 5) is 0. The van der Waals surface area contributed by atoms with E-state index in [1.165, 1.54) is 0 Å². The molecular formula is C10H16N2O2. The van der Waals surface area contributed by atoms with Crippen LogP contribution in [0.2, 0.25) is 0 Å². The van der Waals surface area contributed by atoms with Crippen LogP contribution in [0.5, 0.6) is 0 Å². The number of rotatable bonds is 2. The van der Waals surface area contributed by atoms with Gasteiger partial charge in [0.1, 0.15) is 6.61 Å². The van der Waals surface area contributed by atoms with E-state index in [0.29, 0.717) is 6.61 Å². The van der Waals surface area contributed by atoms with Crippen LogP contribution in [-0.2, 0) is 9.47 Å². The predicted molar refractivity (Wildman–Crippen MR) is 50.8 cm³/mol. The summed E-state index contributed by atoms with van der Waals surface area (Å²) in [5, 5.41) is 11.7. The molecule has 0 aromatic heterocycles. The molecule has 1 atom stereocenters. The Hall–Kier alpha value is -0.630. The summed E-state index contributed by atoms with van der Waals surface area (Å²) >= 11 is 0. The molecule has 2 aliphatic rings. The van der Waals surface area contributed by atoms with Gasteiger partial charge >= 0.3 is 0 Å². The van der Waals surface area contributed by atoms with Crippen molar-refractivity contribution < 1.29 is 9.47 Å². The van der Waals surface area contributed by atoms with Gasteiger partial charge in [0.2, 0.25) is 0 Å². The van der Waals surface area contributed by atoms with Gasteiger partial charge in [-0.25, -0.2) is 0 Å². The molecule has 0 radical (unpaired) electrons. The number of nitrogens with zero attached hydrogens (tertiary/aromatic N) is 1. The summed E-state index contributed by atoms with van der Waals surface area (Å²) in [6, 6.07) is 2.00. The fourth-order valence-corrected chi connectivity index (χ4v) is 2.30. The van der Waals surface area contributed by atoms with E-state index >= 15 is 0 Å². The molecule has 2 rings (SSSR count). The molecule has 14 heavy (non-hydrogen) atoms. The minimum Gasteiger partial charge on any atom is -0.372 e. The van der Waals surface area contributed by atoms with E-state index in [9.17, 15) is 0 Å². The Morgan fingerprint density at radius 1 is 1.50 bits per heavy atom. The van der Waals surface area contributed by atoms with Crippen molar-refractivity contribution in [2.75, 3.05) is 26.3 Å². The average molecular weight is 196 g/mol. The zero-order valence-electron chi connectivity index (χ0n) is 8.29. The van der Waals surface area contributed by atoms with E-state index in [1.807, 2.05) is 6.07 Å². The largest absolute Gasteiger partial charge is 0.372 e. The molecule has 0 saturated carbocycles. The van der Waals surface area contributed by atoms with Gasteiger partial charge in [-0.3, -0.25) is 0 Å². The number of ether oxygens (including phenoxy) is 2. The molecular weight excluding hydrogens is 180 g/mol. The van der Waals surface area contributed by atoms with E-state index in [-0.39, 0.29) is 18.3 Å². The normalized spacial score (nSPS) is 30.4. The van der Waals surface area contributed by atoms with Crippen LogP contribution in [0.4, 0.5) is 0 Å². The standard InChI is InChI=1S/C10H16N2O2/c11-3-6-13-9-7-10(14-8-9)1-4-12-5-2-10/h9,12H,1-2,4-8H2. The maximum Gasteiger partial charge on any atom is 0.134 e. The summed E-state index contributed by atoms with van der Waals surface area (Å²) in [5.41, 5.74) is 0.0470. The van der Waals surface area contributed by atoms with Gasteiger partial charge < -0.3 is 14.8 Å². The SMILES string of the molecule is N#CCOC1COC2(CCNCC2)C1. The fraction of sp³-hybridized carbons (Fsp3) is 0.900. The van der Waals surface area contributed by atoms with Crippen molar-refractivity contribution in [2.24, 2.45) is 0 Å². The van der Waals surface area contributed by atoms with Crippen molar-refractivity contribution in [3.63, 3.8) is 0 Å². The average Bonchev–Trinajstić information content (AvgIpc) is 2.60. The van der Waals surface area contributed by atoms with Crippen molar-refractivity contribution in [2.45, 2.75) is 31.0 Å². The van der Waals surface area contributed by atoms with Gasteiger partial charge in [-0.15, -0.1) is 0 Å². The van der Waals surface area contributed by atoms with Crippen molar-refractivity contribution in [1.82, 2.24) is 5.32 Å². The summed E-state index contributed by atoms with van der Waals surface area (Å²) in [6.07, 6.45) is 3.22. The van der Waals surface area contributed by atoms with Gasteiger partial charge in [-0.2, -0.15) is 5.26 Å². The smallest absolute Gasteiger partial charge is 0.134 e. The predicted octanol–water partition coefficient (Wildman–Crippen LogP) is 0.438. The highest BCUT2D eigenvalue weighted by Crippen LogP contribution is 2.34. The summed E-state index contributed by atoms with van der Waals surface area (Å²) in [5.74, 6) is 0. The van der Waals surface area contributed by atoms with Crippen molar-refractivity contribution in [1.29, 1.82) is 5.26 Å². The molecule has 2 saturated heterocycles. The van der Waals surface area contributed by atoms with Crippen LogP contribution in [0.1, 0.15) is 19.3 Å². The van der Waals surface area contributed by atoms with Gasteiger partial charge in [0.25, 0.3) is 0 Å². The van der Waals surface area contributed by atoms with Gasteiger partial charge in [0.15, 0.2) is 0 Å². The molecule has 0 aromatic rings. The molecule has 0 bridgehead atoms. The minimum atomic E-state index is 0.0470. The van der Waals surface area contributed by atoms with Gasteiger partial charge in [-0.05, 0) is 25.9 Å². The second kappa shape index (κ2) is 4.26. The number of nitrogens with one attached hydrogen (secondary N) is 1. The first kappa shape index (κ1) is 9.91. The highest BCUT2D eigenvalue weighted by atomic mass is 16.6. The molecule has 2 heterocycles. The number of nitriles is 1. The zero-order chi connectivity index (χ0) is 9.86. The molecule has 1 unspecified atom stereocenters. The molecule has 78 valence electrons. The third-order valence-electron chi connectivity index (χ3n) is 3.07. The van der Waals surface area contributed by atoms with Gasteiger partial charge in [0, 0.05) is 6.42 Å². The van der Waals surface area contributed by atoms with Crippen LogP contribution in [0.25, 0.3) is 0 Å². The lowest BCUT2D eigenvalue weighted by Gasteiger charge is -2.32. The third kappa shape index (κ3) is 2.06. The Morgan fingerprint density at radius 2 is 2.29 bits per heavy atom. The van der Waals surface area contributed by atoms with Crippen LogP contribution in [0, 0.1) is 11.3 Å². The second-order valence-corrected chi connectivity index (χ2v) is 4.04. The zero-order valence-corrected chi connectivity index (χ0v) is 8.29. The maximum absolute atomic E-state index is 8.40. The molecule has 4 heteroatoms. The van der Waals surface area contributed by atoms with Gasteiger partial charge in [0.05, 0.1) is 24.4 Å². The fourth-order valence-electron chi connectivity index (χ4n) is 2.30. The first-order valence-electron chi connectivity index (χ1n) is 5.18.